The highest BCUT2D eigenvalue weighted by Gasteiger charge is 2.20. The zero-order valence-corrected chi connectivity index (χ0v) is 11.3. The number of rotatable bonds is 3. The summed E-state index contributed by atoms with van der Waals surface area (Å²) in [5.41, 5.74) is -0.0838. The summed E-state index contributed by atoms with van der Waals surface area (Å²) in [6, 6.07) is 2.70. The van der Waals surface area contributed by atoms with E-state index in [2.05, 4.69) is 9.97 Å². The van der Waals surface area contributed by atoms with Gasteiger partial charge in [0.2, 0.25) is 5.75 Å². The van der Waals surface area contributed by atoms with Gasteiger partial charge in [0.1, 0.15) is 0 Å². The van der Waals surface area contributed by atoms with Crippen molar-refractivity contribution in [2.24, 2.45) is 0 Å². The zero-order chi connectivity index (χ0) is 14.9. The summed E-state index contributed by atoms with van der Waals surface area (Å²) in [5, 5.41) is 19.3. The molecule has 0 atom stereocenters. The van der Waals surface area contributed by atoms with Gasteiger partial charge in [0, 0.05) is 0 Å². The monoisotopic (exact) mass is 300 g/mol. The van der Waals surface area contributed by atoms with E-state index >= 15 is 0 Å². The van der Waals surface area contributed by atoms with E-state index in [-0.39, 0.29) is 27.9 Å². The van der Waals surface area contributed by atoms with Gasteiger partial charge in [-0.05, 0) is 12.1 Å². The van der Waals surface area contributed by atoms with Gasteiger partial charge in [-0.1, -0.05) is 11.6 Å². The lowest BCUT2D eigenvalue weighted by Gasteiger charge is -2.10. The topological polar surface area (TPSA) is 84.7 Å². The molecule has 6 nitrogen and oxygen atoms in total. The van der Waals surface area contributed by atoms with Crippen LogP contribution in [0.25, 0.3) is 11.4 Å². The van der Waals surface area contributed by atoms with E-state index in [1.165, 1.54) is 26.4 Å². The SMILES string of the molecule is COc1c(O)nc(-c2ccc(Cl)c(OC)c2F)nc1O. The van der Waals surface area contributed by atoms with E-state index in [1.54, 1.807) is 0 Å². The number of benzene rings is 1. The van der Waals surface area contributed by atoms with Gasteiger partial charge in [-0.2, -0.15) is 9.97 Å². The molecule has 0 saturated heterocycles. The fourth-order valence-electron chi connectivity index (χ4n) is 1.62. The quantitative estimate of drug-likeness (QED) is 0.905. The lowest BCUT2D eigenvalue weighted by Crippen LogP contribution is -1.98. The molecule has 0 unspecified atom stereocenters. The maximum absolute atomic E-state index is 14.2. The fourth-order valence-corrected chi connectivity index (χ4v) is 1.85. The Kier molecular flexibility index (Phi) is 3.80. The highest BCUT2D eigenvalue weighted by molar-refractivity contribution is 6.32. The molecule has 8 heteroatoms. The molecule has 1 heterocycles. The Hall–Kier alpha value is -2.28. The first-order valence-corrected chi connectivity index (χ1v) is 5.73. The van der Waals surface area contributed by atoms with Crippen LogP contribution in [0, 0.1) is 5.82 Å². The standard InChI is InChI=1S/C12H10ClFN2O4/c1-19-8-6(13)4-3-5(7(8)14)10-15-11(17)9(20-2)12(18)16-10/h3-4H,1-2H3,(H2,15,16,17,18). The highest BCUT2D eigenvalue weighted by Crippen LogP contribution is 2.37. The van der Waals surface area contributed by atoms with E-state index in [9.17, 15) is 14.6 Å². The minimum Gasteiger partial charge on any atom is -0.492 e. The van der Waals surface area contributed by atoms with Gasteiger partial charge in [-0.15, -0.1) is 0 Å². The minimum absolute atomic E-state index is 0.0794. The lowest BCUT2D eigenvalue weighted by atomic mass is 10.2. The first-order chi connectivity index (χ1) is 9.49. The fraction of sp³-hybridized carbons (Fsp3) is 0.167. The minimum atomic E-state index is -0.802. The summed E-state index contributed by atoms with van der Waals surface area (Å²) < 4.78 is 23.7. The number of methoxy groups -OCH3 is 2. The van der Waals surface area contributed by atoms with Gasteiger partial charge >= 0.3 is 0 Å². The molecule has 0 aliphatic rings. The van der Waals surface area contributed by atoms with E-state index in [1.807, 2.05) is 0 Å². The Morgan fingerprint density at radius 1 is 1.05 bits per heavy atom. The smallest absolute Gasteiger partial charge is 0.262 e. The second-order valence-corrected chi connectivity index (χ2v) is 4.08. The normalized spacial score (nSPS) is 10.4. The summed E-state index contributed by atoms with van der Waals surface area (Å²) in [7, 11) is 2.49. The number of aromatic nitrogens is 2. The number of halogens is 2. The Morgan fingerprint density at radius 3 is 2.10 bits per heavy atom. The molecule has 1 aromatic heterocycles. The molecule has 0 radical (unpaired) electrons. The van der Waals surface area contributed by atoms with Crippen molar-refractivity contribution in [3.63, 3.8) is 0 Å². The van der Waals surface area contributed by atoms with Gasteiger partial charge in [-0.25, -0.2) is 4.39 Å². The van der Waals surface area contributed by atoms with Crippen molar-refractivity contribution in [3.8, 4) is 34.6 Å². The van der Waals surface area contributed by atoms with Gasteiger partial charge in [0.05, 0.1) is 24.8 Å². The van der Waals surface area contributed by atoms with Crippen LogP contribution in [0.1, 0.15) is 0 Å². The van der Waals surface area contributed by atoms with Crippen LogP contribution < -0.4 is 9.47 Å². The summed E-state index contributed by atoms with van der Waals surface area (Å²) in [4.78, 5) is 7.32. The van der Waals surface area contributed by atoms with Crippen LogP contribution in [0.15, 0.2) is 12.1 Å². The van der Waals surface area contributed by atoms with E-state index in [0.717, 1.165) is 0 Å². The van der Waals surface area contributed by atoms with Crippen molar-refractivity contribution in [1.29, 1.82) is 0 Å². The van der Waals surface area contributed by atoms with Crippen LogP contribution in [-0.4, -0.2) is 34.4 Å². The number of hydrogen-bond acceptors (Lipinski definition) is 6. The molecule has 2 aromatic rings. The zero-order valence-electron chi connectivity index (χ0n) is 10.5. The van der Waals surface area contributed by atoms with Crippen molar-refractivity contribution in [3.05, 3.63) is 23.0 Å². The van der Waals surface area contributed by atoms with Crippen LogP contribution in [0.4, 0.5) is 4.39 Å². The molecular weight excluding hydrogens is 291 g/mol. The third-order valence-electron chi connectivity index (χ3n) is 2.53. The average Bonchev–Trinajstić information content (AvgIpc) is 2.39. The summed E-state index contributed by atoms with van der Waals surface area (Å²) >= 11 is 5.77. The molecule has 2 N–H and O–H groups in total. The maximum atomic E-state index is 14.2. The first kappa shape index (κ1) is 14.1. The van der Waals surface area contributed by atoms with E-state index < -0.39 is 17.6 Å². The van der Waals surface area contributed by atoms with Crippen LogP contribution in [0.3, 0.4) is 0 Å². The van der Waals surface area contributed by atoms with Gasteiger partial charge in [0.15, 0.2) is 17.4 Å². The number of hydrogen-bond donors (Lipinski definition) is 2. The van der Waals surface area contributed by atoms with Crippen LogP contribution in [-0.2, 0) is 0 Å². The van der Waals surface area contributed by atoms with Crippen LogP contribution in [0.5, 0.6) is 23.3 Å². The molecule has 0 fully saturated rings. The molecule has 0 aliphatic heterocycles. The number of nitrogens with zero attached hydrogens (tertiary/aromatic N) is 2. The lowest BCUT2D eigenvalue weighted by molar-refractivity contribution is 0.328. The molecule has 0 aliphatic carbocycles. The molecule has 0 bridgehead atoms. The molecule has 0 spiro atoms. The third-order valence-corrected chi connectivity index (χ3v) is 2.83. The molecular formula is C12H10ClFN2O4. The van der Waals surface area contributed by atoms with Crippen molar-refractivity contribution in [2.75, 3.05) is 14.2 Å². The Bertz CT molecular complexity index is 643. The Balaban J connectivity index is 2.64. The van der Waals surface area contributed by atoms with E-state index in [4.69, 9.17) is 21.1 Å². The van der Waals surface area contributed by atoms with Gasteiger partial charge < -0.3 is 19.7 Å². The molecule has 0 saturated carbocycles. The Morgan fingerprint density at radius 2 is 1.60 bits per heavy atom. The summed E-state index contributed by atoms with van der Waals surface area (Å²) in [6.07, 6.45) is 0. The second kappa shape index (κ2) is 5.38. The summed E-state index contributed by atoms with van der Waals surface area (Å²) in [6.45, 7) is 0. The predicted octanol–water partition coefficient (Wildman–Crippen LogP) is 2.36. The molecule has 20 heavy (non-hydrogen) atoms. The maximum Gasteiger partial charge on any atom is 0.262 e. The Labute approximate surface area is 118 Å². The van der Waals surface area contributed by atoms with E-state index in [0.29, 0.717) is 0 Å². The highest BCUT2D eigenvalue weighted by atomic mass is 35.5. The molecule has 1 aromatic carbocycles. The van der Waals surface area contributed by atoms with Gasteiger partial charge in [0.25, 0.3) is 11.8 Å². The van der Waals surface area contributed by atoms with Crippen LogP contribution in [0.2, 0.25) is 5.02 Å². The second-order valence-electron chi connectivity index (χ2n) is 3.67. The third kappa shape index (κ3) is 2.27. The number of aromatic hydroxyl groups is 2. The average molecular weight is 301 g/mol. The number of ether oxygens (including phenoxy) is 2. The van der Waals surface area contributed by atoms with Crippen molar-refractivity contribution in [2.45, 2.75) is 0 Å². The predicted molar refractivity (Wildman–Crippen MR) is 68.9 cm³/mol. The first-order valence-electron chi connectivity index (χ1n) is 5.36. The molecule has 0 amide bonds. The largest absolute Gasteiger partial charge is 0.492 e. The van der Waals surface area contributed by atoms with Crippen molar-refractivity contribution >= 4 is 11.6 Å². The van der Waals surface area contributed by atoms with Crippen LogP contribution >= 0.6 is 11.6 Å². The molecule has 106 valence electrons. The van der Waals surface area contributed by atoms with Crippen molar-refractivity contribution < 1.29 is 24.1 Å². The summed E-state index contributed by atoms with van der Waals surface area (Å²) in [5.74, 6) is -2.72. The molecule has 2 rings (SSSR count). The van der Waals surface area contributed by atoms with Crippen molar-refractivity contribution in [1.82, 2.24) is 9.97 Å². The van der Waals surface area contributed by atoms with Gasteiger partial charge in [-0.3, -0.25) is 0 Å².